The molecule has 1 amide bonds. The van der Waals surface area contributed by atoms with Gasteiger partial charge in [0.05, 0.1) is 17.4 Å². The first-order valence-electron chi connectivity index (χ1n) is 5.46. The summed E-state index contributed by atoms with van der Waals surface area (Å²) >= 11 is 4.02. The van der Waals surface area contributed by atoms with Gasteiger partial charge in [0, 0.05) is 11.8 Å². The zero-order chi connectivity index (χ0) is 12.3. The first-order chi connectivity index (χ1) is 8.19. The molecule has 0 saturated carbocycles. The first kappa shape index (κ1) is 11.9. The smallest absolute Gasteiger partial charge is 0.225 e. The summed E-state index contributed by atoms with van der Waals surface area (Å²) in [6, 6.07) is 7.99. The van der Waals surface area contributed by atoms with Gasteiger partial charge in [-0.05, 0) is 30.9 Å². The summed E-state index contributed by atoms with van der Waals surface area (Å²) in [7, 11) is 0. The van der Waals surface area contributed by atoms with E-state index in [4.69, 9.17) is 0 Å². The van der Waals surface area contributed by atoms with Crippen molar-refractivity contribution in [2.45, 2.75) is 13.3 Å². The maximum atomic E-state index is 11.4. The van der Waals surface area contributed by atoms with E-state index < -0.39 is 0 Å². The molecule has 0 saturated heterocycles. The number of benzene rings is 1. The van der Waals surface area contributed by atoms with E-state index in [1.54, 1.807) is 6.20 Å². The van der Waals surface area contributed by atoms with E-state index in [1.165, 1.54) is 5.56 Å². The Bertz CT molecular complexity index is 554. The van der Waals surface area contributed by atoms with Crippen LogP contribution in [-0.2, 0) is 4.79 Å². The second kappa shape index (κ2) is 5.19. The molecular formula is C13H14N2OS. The first-order valence-corrected chi connectivity index (χ1v) is 6.09. The van der Waals surface area contributed by atoms with Gasteiger partial charge in [0.2, 0.25) is 5.91 Å². The van der Waals surface area contributed by atoms with E-state index >= 15 is 0 Å². The Morgan fingerprint density at radius 3 is 3.00 bits per heavy atom. The number of carbonyl (C=O) groups excluding carboxylic acids is 1. The van der Waals surface area contributed by atoms with Gasteiger partial charge < -0.3 is 5.32 Å². The second-order valence-corrected chi connectivity index (χ2v) is 4.39. The molecule has 0 unspecified atom stereocenters. The molecule has 3 nitrogen and oxygen atoms in total. The third-order valence-corrected chi connectivity index (χ3v) is 2.68. The van der Waals surface area contributed by atoms with Crippen LogP contribution in [0.1, 0.15) is 12.0 Å². The number of hydrogen-bond acceptors (Lipinski definition) is 3. The summed E-state index contributed by atoms with van der Waals surface area (Å²) in [5.74, 6) is 0.514. The van der Waals surface area contributed by atoms with Crippen molar-refractivity contribution in [2.75, 3.05) is 11.1 Å². The average molecular weight is 246 g/mol. The molecule has 17 heavy (non-hydrogen) atoms. The zero-order valence-electron chi connectivity index (χ0n) is 9.60. The number of carbonyl (C=O) groups is 1. The lowest BCUT2D eigenvalue weighted by molar-refractivity contribution is -0.115. The molecule has 2 rings (SSSR count). The largest absolute Gasteiger partial charge is 0.325 e. The lowest BCUT2D eigenvalue weighted by atomic mass is 10.1. The number of nitrogens with one attached hydrogen (secondary N) is 1. The normalized spacial score (nSPS) is 10.5. The highest BCUT2D eigenvalue weighted by Crippen LogP contribution is 2.18. The standard InChI is InChI=1S/C13H14N2OS/c1-9-2-3-12-10(6-9)7-11(8-14-12)15-13(16)4-5-17/h2-3,6-8,17H,4-5H2,1H3,(H,15,16). The molecule has 88 valence electrons. The predicted octanol–water partition coefficient (Wildman–Crippen LogP) is 2.80. The fraction of sp³-hybridized carbons (Fsp3) is 0.231. The molecule has 1 aromatic carbocycles. The SMILES string of the molecule is Cc1ccc2ncc(NC(=O)CCS)cc2c1. The fourth-order valence-electron chi connectivity index (χ4n) is 1.64. The molecule has 0 aliphatic heterocycles. The molecular weight excluding hydrogens is 232 g/mol. The van der Waals surface area contributed by atoms with Crippen molar-refractivity contribution in [3.05, 3.63) is 36.0 Å². The second-order valence-electron chi connectivity index (χ2n) is 3.94. The van der Waals surface area contributed by atoms with Crippen molar-refractivity contribution in [3.8, 4) is 0 Å². The summed E-state index contributed by atoms with van der Waals surface area (Å²) in [4.78, 5) is 15.7. The molecule has 0 fully saturated rings. The van der Waals surface area contributed by atoms with Gasteiger partial charge in [-0.2, -0.15) is 12.6 Å². The minimum atomic E-state index is -0.0335. The van der Waals surface area contributed by atoms with Crippen molar-refractivity contribution in [1.82, 2.24) is 4.98 Å². The maximum Gasteiger partial charge on any atom is 0.225 e. The van der Waals surface area contributed by atoms with Crippen LogP contribution in [-0.4, -0.2) is 16.6 Å². The summed E-state index contributed by atoms with van der Waals surface area (Å²) < 4.78 is 0. The van der Waals surface area contributed by atoms with Crippen molar-refractivity contribution >= 4 is 35.1 Å². The summed E-state index contributed by atoms with van der Waals surface area (Å²) in [5, 5.41) is 3.84. The highest BCUT2D eigenvalue weighted by Gasteiger charge is 2.02. The Morgan fingerprint density at radius 2 is 2.24 bits per heavy atom. The monoisotopic (exact) mass is 246 g/mol. The molecule has 1 aromatic heterocycles. The summed E-state index contributed by atoms with van der Waals surface area (Å²) in [6.45, 7) is 2.03. The van der Waals surface area contributed by atoms with E-state index in [-0.39, 0.29) is 5.91 Å². The van der Waals surface area contributed by atoms with Crippen molar-refractivity contribution in [2.24, 2.45) is 0 Å². The van der Waals surface area contributed by atoms with E-state index in [9.17, 15) is 4.79 Å². The van der Waals surface area contributed by atoms with Gasteiger partial charge in [-0.25, -0.2) is 0 Å². The Hall–Kier alpha value is -1.55. The van der Waals surface area contributed by atoms with Gasteiger partial charge in [0.25, 0.3) is 0 Å². The summed E-state index contributed by atoms with van der Waals surface area (Å²) in [6.07, 6.45) is 2.09. The Balaban J connectivity index is 2.27. The minimum absolute atomic E-state index is 0.0335. The van der Waals surface area contributed by atoms with Gasteiger partial charge in [0.1, 0.15) is 0 Å². The van der Waals surface area contributed by atoms with Gasteiger partial charge >= 0.3 is 0 Å². The highest BCUT2D eigenvalue weighted by atomic mass is 32.1. The van der Waals surface area contributed by atoms with Crippen molar-refractivity contribution < 1.29 is 4.79 Å². The third-order valence-electron chi connectivity index (χ3n) is 2.46. The van der Waals surface area contributed by atoms with E-state index in [0.717, 1.165) is 16.6 Å². The van der Waals surface area contributed by atoms with Crippen LogP contribution in [0.3, 0.4) is 0 Å². The number of aryl methyl sites for hydroxylation is 1. The number of thiol groups is 1. The van der Waals surface area contributed by atoms with Gasteiger partial charge in [-0.3, -0.25) is 9.78 Å². The van der Waals surface area contributed by atoms with E-state index in [1.807, 2.05) is 25.1 Å². The lowest BCUT2D eigenvalue weighted by Gasteiger charge is -2.05. The minimum Gasteiger partial charge on any atom is -0.325 e. The number of rotatable bonds is 3. The Labute approximate surface area is 106 Å². The quantitative estimate of drug-likeness (QED) is 0.818. The maximum absolute atomic E-state index is 11.4. The van der Waals surface area contributed by atoms with E-state index in [2.05, 4.69) is 29.0 Å². The number of fused-ring (bicyclic) bond motifs is 1. The number of aromatic nitrogens is 1. The van der Waals surface area contributed by atoms with Crippen molar-refractivity contribution in [3.63, 3.8) is 0 Å². The number of hydrogen-bond donors (Lipinski definition) is 2. The van der Waals surface area contributed by atoms with Crippen LogP contribution in [0, 0.1) is 6.92 Å². The lowest BCUT2D eigenvalue weighted by Crippen LogP contribution is -2.11. The molecule has 0 aliphatic rings. The van der Waals surface area contributed by atoms with Crippen LogP contribution in [0.25, 0.3) is 10.9 Å². The number of pyridine rings is 1. The van der Waals surface area contributed by atoms with Gasteiger partial charge in [0.15, 0.2) is 0 Å². The molecule has 0 radical (unpaired) electrons. The van der Waals surface area contributed by atoms with Crippen LogP contribution < -0.4 is 5.32 Å². The Kier molecular flexibility index (Phi) is 3.64. The molecule has 4 heteroatoms. The Morgan fingerprint density at radius 1 is 1.41 bits per heavy atom. The highest BCUT2D eigenvalue weighted by molar-refractivity contribution is 7.80. The zero-order valence-corrected chi connectivity index (χ0v) is 10.5. The number of nitrogens with zero attached hydrogens (tertiary/aromatic N) is 1. The van der Waals surface area contributed by atoms with Gasteiger partial charge in [-0.1, -0.05) is 11.6 Å². The molecule has 1 heterocycles. The van der Waals surface area contributed by atoms with Crippen LogP contribution in [0.4, 0.5) is 5.69 Å². The van der Waals surface area contributed by atoms with Crippen LogP contribution in [0.5, 0.6) is 0 Å². The topological polar surface area (TPSA) is 42.0 Å². The number of amides is 1. The molecule has 0 atom stereocenters. The molecule has 0 spiro atoms. The van der Waals surface area contributed by atoms with E-state index in [0.29, 0.717) is 12.2 Å². The predicted molar refractivity (Wildman–Crippen MR) is 73.6 cm³/mol. The molecule has 0 bridgehead atoms. The molecule has 0 aliphatic carbocycles. The molecule has 1 N–H and O–H groups in total. The fourth-order valence-corrected chi connectivity index (χ4v) is 1.85. The third kappa shape index (κ3) is 2.97. The van der Waals surface area contributed by atoms with Crippen molar-refractivity contribution in [1.29, 1.82) is 0 Å². The van der Waals surface area contributed by atoms with Crippen LogP contribution in [0.2, 0.25) is 0 Å². The van der Waals surface area contributed by atoms with Crippen LogP contribution in [0.15, 0.2) is 30.5 Å². The summed E-state index contributed by atoms with van der Waals surface area (Å²) in [5.41, 5.74) is 2.84. The molecule has 2 aromatic rings. The average Bonchev–Trinajstić information content (AvgIpc) is 2.28. The number of anilines is 1. The van der Waals surface area contributed by atoms with Gasteiger partial charge in [-0.15, -0.1) is 0 Å². The van der Waals surface area contributed by atoms with Crippen LogP contribution >= 0.6 is 12.6 Å².